The molecule has 32 heavy (non-hydrogen) atoms. The minimum Gasteiger partial charge on any atom is -0.505 e. The van der Waals surface area contributed by atoms with Crippen molar-refractivity contribution in [3.8, 4) is 11.4 Å². The lowest BCUT2D eigenvalue weighted by Gasteiger charge is -2.30. The summed E-state index contributed by atoms with van der Waals surface area (Å²) in [7, 11) is 0. The second kappa shape index (κ2) is 9.36. The molecule has 0 spiro atoms. The number of carbonyl (C=O) groups is 1. The van der Waals surface area contributed by atoms with E-state index < -0.39 is 17.2 Å². The Kier molecular flexibility index (Phi) is 6.37. The number of hydrogen-bond acceptors (Lipinski definition) is 5. The Morgan fingerprint density at radius 1 is 1.12 bits per heavy atom. The second-order valence-electron chi connectivity index (χ2n) is 8.58. The number of piperidine rings is 1. The van der Waals surface area contributed by atoms with Crippen LogP contribution in [0.4, 0.5) is 5.69 Å². The van der Waals surface area contributed by atoms with Crippen molar-refractivity contribution in [3.63, 3.8) is 0 Å². The van der Waals surface area contributed by atoms with Crippen molar-refractivity contribution in [1.29, 1.82) is 0 Å². The maximum atomic E-state index is 12.8. The normalized spacial score (nSPS) is 14.9. The van der Waals surface area contributed by atoms with E-state index in [1.165, 1.54) is 18.4 Å². The van der Waals surface area contributed by atoms with E-state index in [1.807, 2.05) is 37.3 Å². The van der Waals surface area contributed by atoms with Gasteiger partial charge in [0.25, 0.3) is 11.5 Å². The molecule has 0 radical (unpaired) electrons. The first-order valence-electron chi connectivity index (χ1n) is 10.9. The maximum Gasteiger partial charge on any atom is 0.279 e. The van der Waals surface area contributed by atoms with Crippen LogP contribution in [-0.2, 0) is 6.54 Å². The van der Waals surface area contributed by atoms with E-state index >= 15 is 0 Å². The molecule has 0 atom stereocenters. The van der Waals surface area contributed by atoms with Crippen LogP contribution >= 0.6 is 0 Å². The number of anilines is 1. The summed E-state index contributed by atoms with van der Waals surface area (Å²) in [6.07, 6.45) is 2.46. The Morgan fingerprint density at radius 3 is 2.53 bits per heavy atom. The van der Waals surface area contributed by atoms with Gasteiger partial charge in [-0.3, -0.25) is 14.5 Å². The van der Waals surface area contributed by atoms with Crippen LogP contribution in [0.25, 0.3) is 5.69 Å². The molecule has 2 aromatic carbocycles. The quantitative estimate of drug-likeness (QED) is 0.642. The first-order chi connectivity index (χ1) is 15.4. The van der Waals surface area contributed by atoms with Gasteiger partial charge >= 0.3 is 0 Å². The molecule has 166 valence electrons. The van der Waals surface area contributed by atoms with Crippen molar-refractivity contribution < 1.29 is 9.90 Å². The van der Waals surface area contributed by atoms with E-state index in [4.69, 9.17) is 0 Å². The molecule has 0 saturated carbocycles. The lowest BCUT2D eigenvalue weighted by Crippen LogP contribution is -2.32. The number of aromatic nitrogens is 2. The van der Waals surface area contributed by atoms with Crippen LogP contribution in [0.2, 0.25) is 0 Å². The molecule has 7 heteroatoms. The lowest BCUT2D eigenvalue weighted by atomic mass is 9.99. The van der Waals surface area contributed by atoms with Crippen molar-refractivity contribution in [3.05, 3.63) is 81.8 Å². The highest BCUT2D eigenvalue weighted by molar-refractivity contribution is 6.04. The molecular formula is C25H28N4O3. The maximum absolute atomic E-state index is 12.8. The fourth-order valence-electron chi connectivity index (χ4n) is 3.92. The van der Waals surface area contributed by atoms with Gasteiger partial charge in [-0.05, 0) is 74.2 Å². The predicted molar refractivity (Wildman–Crippen MR) is 124 cm³/mol. The molecule has 7 nitrogen and oxygen atoms in total. The predicted octanol–water partition coefficient (Wildman–Crippen LogP) is 3.73. The van der Waals surface area contributed by atoms with Gasteiger partial charge in [0.1, 0.15) is 0 Å². The third-order valence-electron chi connectivity index (χ3n) is 5.87. The average Bonchev–Trinajstić information content (AvgIpc) is 2.76. The minimum atomic E-state index is -0.582. The molecule has 1 fully saturated rings. The number of rotatable bonds is 5. The SMILES string of the molecule is Cc1cccc(-n2nc(C(=O)Nc3ccc(CN4CCC(C)CC4)cc3)c(O)cc2=O)c1. The summed E-state index contributed by atoms with van der Waals surface area (Å²) in [5.74, 6) is -0.233. The molecule has 1 amide bonds. The fourth-order valence-corrected chi connectivity index (χ4v) is 3.92. The number of aromatic hydroxyl groups is 1. The Morgan fingerprint density at radius 2 is 1.84 bits per heavy atom. The molecule has 0 aliphatic carbocycles. The molecule has 4 rings (SSSR count). The number of nitrogens with zero attached hydrogens (tertiary/aromatic N) is 3. The molecule has 0 bridgehead atoms. The molecule has 3 aromatic rings. The molecular weight excluding hydrogens is 404 g/mol. The number of hydrogen-bond donors (Lipinski definition) is 2. The zero-order chi connectivity index (χ0) is 22.7. The molecule has 0 unspecified atom stereocenters. The molecule has 1 aliphatic rings. The van der Waals surface area contributed by atoms with Crippen LogP contribution in [0, 0.1) is 12.8 Å². The van der Waals surface area contributed by atoms with E-state index in [0.29, 0.717) is 11.4 Å². The topological polar surface area (TPSA) is 87.5 Å². The zero-order valence-electron chi connectivity index (χ0n) is 18.4. The summed E-state index contributed by atoms with van der Waals surface area (Å²) < 4.78 is 1.12. The number of nitrogens with one attached hydrogen (secondary N) is 1. The van der Waals surface area contributed by atoms with Gasteiger partial charge in [0, 0.05) is 18.3 Å². The van der Waals surface area contributed by atoms with Crippen LogP contribution in [0.5, 0.6) is 5.75 Å². The highest BCUT2D eigenvalue weighted by atomic mass is 16.3. The lowest BCUT2D eigenvalue weighted by molar-refractivity contribution is 0.101. The summed E-state index contributed by atoms with van der Waals surface area (Å²) in [6.45, 7) is 7.32. The Bertz CT molecular complexity index is 1160. The van der Waals surface area contributed by atoms with Crippen molar-refractivity contribution in [2.75, 3.05) is 18.4 Å². The van der Waals surface area contributed by atoms with Crippen LogP contribution in [0.1, 0.15) is 41.4 Å². The molecule has 1 aromatic heterocycles. The van der Waals surface area contributed by atoms with Crippen molar-refractivity contribution >= 4 is 11.6 Å². The van der Waals surface area contributed by atoms with E-state index in [2.05, 4.69) is 22.2 Å². The summed E-state index contributed by atoms with van der Waals surface area (Å²) in [6, 6.07) is 15.9. The number of carbonyl (C=O) groups excluding carboxylic acids is 1. The van der Waals surface area contributed by atoms with Gasteiger partial charge in [0.05, 0.1) is 5.69 Å². The first kappa shape index (κ1) is 21.8. The van der Waals surface area contributed by atoms with Gasteiger partial charge in [-0.1, -0.05) is 31.2 Å². The molecule has 1 saturated heterocycles. The highest BCUT2D eigenvalue weighted by Crippen LogP contribution is 2.20. The van der Waals surface area contributed by atoms with Gasteiger partial charge < -0.3 is 10.4 Å². The smallest absolute Gasteiger partial charge is 0.279 e. The molecule has 2 heterocycles. The van der Waals surface area contributed by atoms with Gasteiger partial charge in [0.2, 0.25) is 0 Å². The van der Waals surface area contributed by atoms with Crippen LogP contribution < -0.4 is 10.9 Å². The van der Waals surface area contributed by atoms with E-state index in [0.717, 1.165) is 41.9 Å². The van der Waals surface area contributed by atoms with E-state index in [1.54, 1.807) is 18.2 Å². The van der Waals surface area contributed by atoms with E-state index in [9.17, 15) is 14.7 Å². The van der Waals surface area contributed by atoms with Crippen LogP contribution in [-0.4, -0.2) is 38.8 Å². The largest absolute Gasteiger partial charge is 0.505 e. The zero-order valence-corrected chi connectivity index (χ0v) is 18.4. The van der Waals surface area contributed by atoms with E-state index in [-0.39, 0.29) is 5.69 Å². The van der Waals surface area contributed by atoms with Crippen LogP contribution in [0.15, 0.2) is 59.4 Å². The molecule has 1 aliphatic heterocycles. The summed E-state index contributed by atoms with van der Waals surface area (Å²) in [5.41, 5.74) is 2.54. The Hall–Kier alpha value is -3.45. The summed E-state index contributed by atoms with van der Waals surface area (Å²) in [4.78, 5) is 27.5. The van der Waals surface area contributed by atoms with Crippen molar-refractivity contribution in [2.24, 2.45) is 5.92 Å². The standard InChI is InChI=1S/C25H28N4O3/c1-17-10-12-28(13-11-17)16-19-6-8-20(9-7-19)26-25(32)24-22(30)15-23(31)29(27-24)21-5-3-4-18(2)14-21/h3-9,14-15,17,30H,10-13,16H2,1-2H3,(H,26,32). The van der Waals surface area contributed by atoms with Crippen LogP contribution in [0.3, 0.4) is 0 Å². The monoisotopic (exact) mass is 432 g/mol. The Labute approximate surface area is 187 Å². The van der Waals surface area contributed by atoms with Gasteiger partial charge in [-0.2, -0.15) is 9.78 Å². The minimum absolute atomic E-state index is 0.211. The fraction of sp³-hybridized carbons (Fsp3) is 0.320. The third kappa shape index (κ3) is 5.06. The average molecular weight is 433 g/mol. The number of likely N-dealkylation sites (tertiary alicyclic amines) is 1. The summed E-state index contributed by atoms with van der Waals surface area (Å²) >= 11 is 0. The first-order valence-corrected chi connectivity index (χ1v) is 10.9. The Balaban J connectivity index is 1.48. The number of aryl methyl sites for hydroxylation is 1. The van der Waals surface area contributed by atoms with Gasteiger partial charge in [-0.15, -0.1) is 0 Å². The van der Waals surface area contributed by atoms with Crippen molar-refractivity contribution in [2.45, 2.75) is 33.2 Å². The second-order valence-corrected chi connectivity index (χ2v) is 8.58. The van der Waals surface area contributed by atoms with Crippen molar-refractivity contribution in [1.82, 2.24) is 14.7 Å². The number of amides is 1. The highest BCUT2D eigenvalue weighted by Gasteiger charge is 2.18. The number of benzene rings is 2. The van der Waals surface area contributed by atoms with Gasteiger partial charge in [-0.25, -0.2) is 0 Å². The summed E-state index contributed by atoms with van der Waals surface area (Å²) in [5, 5.41) is 17.0. The molecule has 2 N–H and O–H groups in total. The van der Waals surface area contributed by atoms with Gasteiger partial charge in [0.15, 0.2) is 11.4 Å². The third-order valence-corrected chi connectivity index (χ3v) is 5.87.